The summed E-state index contributed by atoms with van der Waals surface area (Å²) in [6.45, 7) is 5.98. The predicted molar refractivity (Wildman–Crippen MR) is 146 cm³/mol. The van der Waals surface area contributed by atoms with Crippen LogP contribution in [0.1, 0.15) is 71.4 Å². The Morgan fingerprint density at radius 1 is 1.08 bits per heavy atom. The molecule has 0 saturated heterocycles. The summed E-state index contributed by atoms with van der Waals surface area (Å²) in [4.78, 5) is 17.7. The number of carbonyl (C=O) groups excluding carboxylic acids is 1. The van der Waals surface area contributed by atoms with Crippen LogP contribution in [0.5, 0.6) is 0 Å². The molecule has 0 unspecified atom stereocenters. The van der Waals surface area contributed by atoms with E-state index in [0.717, 1.165) is 55.3 Å². The molecule has 0 radical (unpaired) electrons. The summed E-state index contributed by atoms with van der Waals surface area (Å²) >= 11 is 0. The van der Waals surface area contributed by atoms with Crippen molar-refractivity contribution in [3.63, 3.8) is 0 Å². The maximum Gasteiger partial charge on any atom is 0.264 e. The van der Waals surface area contributed by atoms with Crippen molar-refractivity contribution in [2.75, 3.05) is 4.72 Å². The fraction of sp³-hybridized carbons (Fsp3) is 0.345. The molecule has 204 valence electrons. The Morgan fingerprint density at radius 3 is 2.51 bits per heavy atom. The minimum absolute atomic E-state index is 0.0232. The zero-order chi connectivity index (χ0) is 27.7. The number of carbonyl (C=O) groups is 1. The van der Waals surface area contributed by atoms with Crippen LogP contribution in [-0.2, 0) is 29.4 Å². The number of fused-ring (bicyclic) bond motifs is 1. The van der Waals surface area contributed by atoms with Gasteiger partial charge in [-0.1, -0.05) is 36.3 Å². The second kappa shape index (κ2) is 10.8. The molecule has 2 aromatic heterocycles. The molecule has 10 heteroatoms. The first-order valence-corrected chi connectivity index (χ1v) is 14.6. The molecule has 0 fully saturated rings. The lowest BCUT2D eigenvalue weighted by Gasteiger charge is -2.14. The highest BCUT2D eigenvalue weighted by Crippen LogP contribution is 2.31. The largest absolute Gasteiger partial charge is 0.337 e. The van der Waals surface area contributed by atoms with Crippen LogP contribution in [0, 0.1) is 19.7 Å². The Kier molecular flexibility index (Phi) is 7.40. The second-order valence-corrected chi connectivity index (χ2v) is 11.6. The fourth-order valence-corrected chi connectivity index (χ4v) is 6.20. The molecule has 2 heterocycles. The molecule has 4 aromatic rings. The first kappa shape index (κ1) is 26.8. The quantitative estimate of drug-likeness (QED) is 0.270. The van der Waals surface area contributed by atoms with E-state index in [1.54, 1.807) is 26.0 Å². The Labute approximate surface area is 227 Å². The zero-order valence-electron chi connectivity index (χ0n) is 22.3. The van der Waals surface area contributed by atoms with Gasteiger partial charge in [-0.2, -0.15) is 0 Å². The lowest BCUT2D eigenvalue weighted by Crippen LogP contribution is -2.14. The highest BCUT2D eigenvalue weighted by atomic mass is 32.2. The lowest BCUT2D eigenvalue weighted by molar-refractivity contribution is 0.0973. The van der Waals surface area contributed by atoms with Gasteiger partial charge in [0.2, 0.25) is 5.88 Å². The molecule has 0 spiro atoms. The van der Waals surface area contributed by atoms with Gasteiger partial charge in [0, 0.05) is 30.5 Å². The minimum Gasteiger partial charge on any atom is -0.337 e. The summed E-state index contributed by atoms with van der Waals surface area (Å²) in [6.07, 6.45) is 4.86. The normalized spacial score (nSPS) is 13.8. The number of hydrogen-bond donors (Lipinski definition) is 1. The monoisotopic (exact) mass is 550 g/mol. The van der Waals surface area contributed by atoms with Gasteiger partial charge in [0.25, 0.3) is 10.0 Å². The number of nitrogens with zero attached hydrogens (tertiary/aromatic N) is 3. The average molecular weight is 551 g/mol. The third-order valence-electron chi connectivity index (χ3n) is 7.14. The molecule has 0 bridgehead atoms. The van der Waals surface area contributed by atoms with Crippen LogP contribution in [0.25, 0.3) is 11.1 Å². The van der Waals surface area contributed by atoms with E-state index < -0.39 is 15.8 Å². The van der Waals surface area contributed by atoms with Crippen LogP contribution >= 0.6 is 0 Å². The van der Waals surface area contributed by atoms with Gasteiger partial charge in [-0.15, -0.1) is 0 Å². The smallest absolute Gasteiger partial charge is 0.264 e. The molecule has 1 aliphatic rings. The highest BCUT2D eigenvalue weighted by molar-refractivity contribution is 7.92. The highest BCUT2D eigenvalue weighted by Gasteiger charge is 2.26. The van der Waals surface area contributed by atoms with Crippen molar-refractivity contribution in [1.29, 1.82) is 0 Å². The Hall–Kier alpha value is -3.79. The molecule has 0 saturated carbocycles. The van der Waals surface area contributed by atoms with Crippen LogP contribution in [0.15, 0.2) is 51.9 Å². The van der Waals surface area contributed by atoms with E-state index in [-0.39, 0.29) is 22.1 Å². The number of ketones is 1. The first-order chi connectivity index (χ1) is 18.7. The van der Waals surface area contributed by atoms with Crippen molar-refractivity contribution in [1.82, 2.24) is 14.7 Å². The van der Waals surface area contributed by atoms with Crippen molar-refractivity contribution in [3.05, 3.63) is 82.3 Å². The third-order valence-corrected chi connectivity index (χ3v) is 8.53. The van der Waals surface area contributed by atoms with E-state index in [4.69, 9.17) is 9.51 Å². The molecule has 1 N–H and O–H groups in total. The van der Waals surface area contributed by atoms with Crippen LogP contribution in [-0.4, -0.2) is 28.9 Å². The molecular weight excluding hydrogens is 519 g/mol. The summed E-state index contributed by atoms with van der Waals surface area (Å²) in [6, 6.07) is 10.8. The number of aromatic nitrogens is 3. The number of aryl methyl sites for hydroxylation is 3. The Balaban J connectivity index is 1.47. The van der Waals surface area contributed by atoms with Crippen LogP contribution in [0.4, 0.5) is 10.3 Å². The maximum atomic E-state index is 14.3. The van der Waals surface area contributed by atoms with Gasteiger partial charge in [-0.05, 0) is 68.9 Å². The molecule has 2 aromatic carbocycles. The molecule has 39 heavy (non-hydrogen) atoms. The summed E-state index contributed by atoms with van der Waals surface area (Å²) in [7, 11) is -4.10. The number of rotatable bonds is 8. The van der Waals surface area contributed by atoms with Gasteiger partial charge < -0.3 is 9.09 Å². The molecule has 0 aliphatic heterocycles. The van der Waals surface area contributed by atoms with Gasteiger partial charge in [0.1, 0.15) is 17.3 Å². The Bertz CT molecular complexity index is 1640. The molecule has 0 atom stereocenters. The molecular formula is C29H31FN4O4S. The molecule has 8 nitrogen and oxygen atoms in total. The molecule has 0 amide bonds. The number of sulfonamides is 1. The predicted octanol–water partition coefficient (Wildman–Crippen LogP) is 6.00. The van der Waals surface area contributed by atoms with Gasteiger partial charge in [0.15, 0.2) is 5.78 Å². The standard InChI is InChI=1S/C29H31FN4O4S/c1-4-7-27-31-24-8-5-6-9-25(35)28(24)34(27)17-20-10-12-21(13-11-20)23-16-22(30)14-15-26(23)39(36,37)33-29-18(2)19(3)32-38-29/h10-16,33H,4-9,17H2,1-3H3. The summed E-state index contributed by atoms with van der Waals surface area (Å²) in [5.74, 6) is 0.510. The molecule has 5 rings (SSSR count). The van der Waals surface area contributed by atoms with Crippen LogP contribution in [0.2, 0.25) is 0 Å². The minimum atomic E-state index is -4.10. The third kappa shape index (κ3) is 5.38. The van der Waals surface area contributed by atoms with E-state index in [2.05, 4.69) is 16.8 Å². The number of anilines is 1. The number of imidazole rings is 1. The second-order valence-electron chi connectivity index (χ2n) is 9.95. The van der Waals surface area contributed by atoms with Crippen molar-refractivity contribution in [2.45, 2.75) is 70.7 Å². The molecule has 1 aliphatic carbocycles. The first-order valence-electron chi connectivity index (χ1n) is 13.1. The van der Waals surface area contributed by atoms with Crippen LogP contribution < -0.4 is 4.72 Å². The summed E-state index contributed by atoms with van der Waals surface area (Å²) in [5.41, 5.74) is 4.44. The maximum absolute atomic E-state index is 14.3. The fourth-order valence-electron chi connectivity index (χ4n) is 4.94. The van der Waals surface area contributed by atoms with E-state index >= 15 is 0 Å². The van der Waals surface area contributed by atoms with Gasteiger partial charge in [-0.3, -0.25) is 4.79 Å². The van der Waals surface area contributed by atoms with Gasteiger partial charge in [-0.25, -0.2) is 22.5 Å². The topological polar surface area (TPSA) is 107 Å². The zero-order valence-corrected chi connectivity index (χ0v) is 23.1. The number of Topliss-reactive ketones (excluding diaryl/α,β-unsaturated/α-hetero) is 1. The van der Waals surface area contributed by atoms with E-state index in [1.165, 1.54) is 12.1 Å². The Morgan fingerprint density at radius 2 is 1.82 bits per heavy atom. The SMILES string of the molecule is CCCc1nc2c(n1Cc1ccc(-c3cc(F)ccc3S(=O)(=O)Nc3onc(C)c3C)cc1)C(=O)CCCC2. The number of nitrogens with one attached hydrogen (secondary N) is 1. The average Bonchev–Trinajstić information content (AvgIpc) is 3.33. The number of hydrogen-bond acceptors (Lipinski definition) is 6. The van der Waals surface area contributed by atoms with Crippen molar-refractivity contribution < 1.29 is 22.1 Å². The van der Waals surface area contributed by atoms with Crippen molar-refractivity contribution in [2.24, 2.45) is 0 Å². The van der Waals surface area contributed by atoms with E-state index in [9.17, 15) is 17.6 Å². The van der Waals surface area contributed by atoms with Gasteiger partial charge in [0.05, 0.1) is 16.3 Å². The number of halogens is 1. The van der Waals surface area contributed by atoms with E-state index in [0.29, 0.717) is 35.5 Å². The lowest BCUT2D eigenvalue weighted by atomic mass is 10.0. The van der Waals surface area contributed by atoms with Crippen LogP contribution in [0.3, 0.4) is 0 Å². The van der Waals surface area contributed by atoms with E-state index in [1.807, 2.05) is 16.7 Å². The van der Waals surface area contributed by atoms with Crippen molar-refractivity contribution >= 4 is 21.7 Å². The number of benzene rings is 2. The summed E-state index contributed by atoms with van der Waals surface area (Å²) < 4.78 is 50.4. The van der Waals surface area contributed by atoms with Gasteiger partial charge >= 0.3 is 0 Å². The summed E-state index contributed by atoms with van der Waals surface area (Å²) in [5, 5.41) is 3.79. The van der Waals surface area contributed by atoms with Crippen molar-refractivity contribution in [3.8, 4) is 11.1 Å².